The first-order valence-electron chi connectivity index (χ1n) is 5.24. The average Bonchev–Trinajstić information content (AvgIpc) is 2.70. The van der Waals surface area contributed by atoms with Gasteiger partial charge in [0, 0.05) is 24.8 Å². The molecule has 0 amide bonds. The smallest absolute Gasteiger partial charge is 0.0595 e. The van der Waals surface area contributed by atoms with E-state index in [4.69, 9.17) is 28.9 Å². The summed E-state index contributed by atoms with van der Waals surface area (Å²) in [4.78, 5) is 0. The van der Waals surface area contributed by atoms with E-state index in [0.717, 1.165) is 11.1 Å². The van der Waals surface area contributed by atoms with Gasteiger partial charge in [-0.25, -0.2) is 0 Å². The van der Waals surface area contributed by atoms with E-state index in [9.17, 15) is 0 Å². The molecule has 5 heteroatoms. The number of nitrogens with two attached hydrogens (primary N) is 1. The number of hydrogen-bond donors (Lipinski definition) is 1. The van der Waals surface area contributed by atoms with Crippen LogP contribution in [0.25, 0.3) is 0 Å². The van der Waals surface area contributed by atoms with Crippen molar-refractivity contribution >= 4 is 23.2 Å². The molecule has 1 aromatic carbocycles. The molecule has 1 atom stereocenters. The van der Waals surface area contributed by atoms with E-state index in [1.807, 2.05) is 25.4 Å². The lowest BCUT2D eigenvalue weighted by Gasteiger charge is -2.10. The van der Waals surface area contributed by atoms with Crippen LogP contribution in [-0.4, -0.2) is 9.78 Å². The Morgan fingerprint density at radius 1 is 1.35 bits per heavy atom. The van der Waals surface area contributed by atoms with Gasteiger partial charge in [-0.15, -0.1) is 0 Å². The van der Waals surface area contributed by atoms with Gasteiger partial charge in [0.15, 0.2) is 0 Å². The van der Waals surface area contributed by atoms with Crippen molar-refractivity contribution in [1.82, 2.24) is 9.78 Å². The molecule has 0 radical (unpaired) electrons. The maximum absolute atomic E-state index is 6.10. The molecular formula is C12H13Cl2N3. The molecule has 2 aromatic rings. The van der Waals surface area contributed by atoms with Crippen LogP contribution in [0.4, 0.5) is 0 Å². The second-order valence-corrected chi connectivity index (χ2v) is 4.82. The molecule has 0 fully saturated rings. The zero-order chi connectivity index (χ0) is 12.4. The van der Waals surface area contributed by atoms with Crippen LogP contribution in [0, 0.1) is 0 Å². The SMILES string of the molecule is Cn1cc(C(N)Cc2ccc(Cl)c(Cl)c2)cn1. The molecule has 0 saturated heterocycles. The Balaban J connectivity index is 2.12. The minimum Gasteiger partial charge on any atom is -0.324 e. The maximum atomic E-state index is 6.10. The third-order valence-corrected chi connectivity index (χ3v) is 3.33. The number of hydrogen-bond acceptors (Lipinski definition) is 2. The molecule has 0 bridgehead atoms. The van der Waals surface area contributed by atoms with Crippen molar-refractivity contribution in [3.8, 4) is 0 Å². The third kappa shape index (κ3) is 3.00. The van der Waals surface area contributed by atoms with Crippen LogP contribution in [0.2, 0.25) is 10.0 Å². The van der Waals surface area contributed by atoms with Crippen LogP contribution in [0.1, 0.15) is 17.2 Å². The first-order valence-corrected chi connectivity index (χ1v) is 6.00. The summed E-state index contributed by atoms with van der Waals surface area (Å²) in [5.41, 5.74) is 8.18. The van der Waals surface area contributed by atoms with Gasteiger partial charge in [0.05, 0.1) is 16.2 Å². The second-order valence-electron chi connectivity index (χ2n) is 4.01. The lowest BCUT2D eigenvalue weighted by molar-refractivity contribution is 0.717. The van der Waals surface area contributed by atoms with Gasteiger partial charge in [-0.3, -0.25) is 4.68 Å². The molecule has 3 nitrogen and oxygen atoms in total. The fourth-order valence-corrected chi connectivity index (χ4v) is 1.99. The van der Waals surface area contributed by atoms with Gasteiger partial charge in [0.25, 0.3) is 0 Å². The average molecular weight is 270 g/mol. The van der Waals surface area contributed by atoms with Crippen molar-refractivity contribution in [3.05, 3.63) is 51.8 Å². The minimum atomic E-state index is -0.0825. The van der Waals surface area contributed by atoms with E-state index in [-0.39, 0.29) is 6.04 Å². The minimum absolute atomic E-state index is 0.0825. The lowest BCUT2D eigenvalue weighted by atomic mass is 10.0. The molecule has 0 aliphatic carbocycles. The van der Waals surface area contributed by atoms with Crippen LogP contribution in [-0.2, 0) is 13.5 Å². The number of rotatable bonds is 3. The number of aryl methyl sites for hydroxylation is 1. The summed E-state index contributed by atoms with van der Waals surface area (Å²) >= 11 is 11.8. The fourth-order valence-electron chi connectivity index (χ4n) is 1.67. The lowest BCUT2D eigenvalue weighted by Crippen LogP contribution is -2.12. The molecule has 17 heavy (non-hydrogen) atoms. The van der Waals surface area contributed by atoms with Crippen molar-refractivity contribution in [3.63, 3.8) is 0 Å². The Morgan fingerprint density at radius 3 is 2.71 bits per heavy atom. The number of halogens is 2. The molecule has 0 spiro atoms. The molecule has 2 rings (SSSR count). The van der Waals surface area contributed by atoms with Gasteiger partial charge in [0.1, 0.15) is 0 Å². The highest BCUT2D eigenvalue weighted by Gasteiger charge is 2.10. The summed E-state index contributed by atoms with van der Waals surface area (Å²) in [6.07, 6.45) is 4.41. The topological polar surface area (TPSA) is 43.8 Å². The molecule has 1 aromatic heterocycles. The first-order chi connectivity index (χ1) is 8.06. The highest BCUT2D eigenvalue weighted by atomic mass is 35.5. The quantitative estimate of drug-likeness (QED) is 0.931. The van der Waals surface area contributed by atoms with Crippen molar-refractivity contribution in [1.29, 1.82) is 0 Å². The molecule has 90 valence electrons. The van der Waals surface area contributed by atoms with E-state index >= 15 is 0 Å². The van der Waals surface area contributed by atoms with Gasteiger partial charge < -0.3 is 5.73 Å². The molecule has 0 saturated carbocycles. The Morgan fingerprint density at radius 2 is 2.12 bits per heavy atom. The molecule has 1 unspecified atom stereocenters. The standard InChI is InChI=1S/C12H13Cl2N3/c1-17-7-9(6-16-17)12(15)5-8-2-3-10(13)11(14)4-8/h2-4,6-7,12H,5,15H2,1H3. The Hall–Kier alpha value is -1.03. The van der Waals surface area contributed by atoms with E-state index < -0.39 is 0 Å². The van der Waals surface area contributed by atoms with Crippen molar-refractivity contribution in [2.24, 2.45) is 12.8 Å². The van der Waals surface area contributed by atoms with Crippen LogP contribution in [0.5, 0.6) is 0 Å². The van der Waals surface area contributed by atoms with E-state index in [2.05, 4.69) is 5.10 Å². The summed E-state index contributed by atoms with van der Waals surface area (Å²) in [5.74, 6) is 0. The number of nitrogens with zero attached hydrogens (tertiary/aromatic N) is 2. The first kappa shape index (κ1) is 12.4. The predicted molar refractivity (Wildman–Crippen MR) is 70.3 cm³/mol. The van der Waals surface area contributed by atoms with Crippen molar-refractivity contribution < 1.29 is 0 Å². The van der Waals surface area contributed by atoms with Gasteiger partial charge in [-0.2, -0.15) is 5.10 Å². The van der Waals surface area contributed by atoms with Crippen LogP contribution < -0.4 is 5.73 Å². The highest BCUT2D eigenvalue weighted by Crippen LogP contribution is 2.24. The summed E-state index contributed by atoms with van der Waals surface area (Å²) in [7, 11) is 1.87. The Bertz CT molecular complexity index is 522. The van der Waals surface area contributed by atoms with Gasteiger partial charge in [0.2, 0.25) is 0 Å². The fraction of sp³-hybridized carbons (Fsp3) is 0.250. The summed E-state index contributed by atoms with van der Waals surface area (Å²) in [6, 6.07) is 5.49. The van der Waals surface area contributed by atoms with Gasteiger partial charge in [-0.05, 0) is 24.1 Å². The molecule has 0 aliphatic rings. The third-order valence-electron chi connectivity index (χ3n) is 2.59. The molecule has 0 aliphatic heterocycles. The zero-order valence-electron chi connectivity index (χ0n) is 9.40. The predicted octanol–water partition coefficient (Wildman–Crippen LogP) is 2.97. The van der Waals surface area contributed by atoms with Gasteiger partial charge in [-0.1, -0.05) is 29.3 Å². The Labute approximate surface area is 110 Å². The zero-order valence-corrected chi connectivity index (χ0v) is 10.9. The molecule has 1 heterocycles. The molecular weight excluding hydrogens is 257 g/mol. The summed E-state index contributed by atoms with van der Waals surface area (Å²) < 4.78 is 1.74. The largest absolute Gasteiger partial charge is 0.324 e. The normalized spacial score (nSPS) is 12.7. The number of aromatic nitrogens is 2. The molecule has 2 N–H and O–H groups in total. The number of benzene rings is 1. The van der Waals surface area contributed by atoms with E-state index in [0.29, 0.717) is 16.5 Å². The van der Waals surface area contributed by atoms with Crippen LogP contribution in [0.15, 0.2) is 30.6 Å². The monoisotopic (exact) mass is 269 g/mol. The maximum Gasteiger partial charge on any atom is 0.0595 e. The van der Waals surface area contributed by atoms with Crippen LogP contribution >= 0.6 is 23.2 Å². The van der Waals surface area contributed by atoms with Crippen LogP contribution in [0.3, 0.4) is 0 Å². The second kappa shape index (κ2) is 5.08. The summed E-state index contributed by atoms with van der Waals surface area (Å²) in [5, 5.41) is 5.22. The summed E-state index contributed by atoms with van der Waals surface area (Å²) in [6.45, 7) is 0. The van der Waals surface area contributed by atoms with Gasteiger partial charge >= 0.3 is 0 Å². The van der Waals surface area contributed by atoms with E-state index in [1.54, 1.807) is 16.9 Å². The highest BCUT2D eigenvalue weighted by molar-refractivity contribution is 6.42. The van der Waals surface area contributed by atoms with Crippen molar-refractivity contribution in [2.75, 3.05) is 0 Å². The van der Waals surface area contributed by atoms with Crippen molar-refractivity contribution in [2.45, 2.75) is 12.5 Å². The Kier molecular flexibility index (Phi) is 3.72. The van der Waals surface area contributed by atoms with E-state index in [1.165, 1.54) is 0 Å².